The maximum absolute atomic E-state index is 13.0. The first-order chi connectivity index (χ1) is 15.0. The third-order valence-electron chi connectivity index (χ3n) is 5.97. The van der Waals surface area contributed by atoms with Gasteiger partial charge in [-0.3, -0.25) is 14.2 Å². The van der Waals surface area contributed by atoms with Crippen LogP contribution in [0.4, 0.5) is 11.4 Å². The van der Waals surface area contributed by atoms with E-state index in [0.29, 0.717) is 12.6 Å². The first-order valence-corrected chi connectivity index (χ1v) is 12.0. The van der Waals surface area contributed by atoms with Crippen molar-refractivity contribution in [3.8, 4) is 0 Å². The molecule has 31 heavy (non-hydrogen) atoms. The summed E-state index contributed by atoms with van der Waals surface area (Å²) in [5.41, 5.74) is 3.07. The van der Waals surface area contributed by atoms with Crippen LogP contribution in [0.1, 0.15) is 50.5 Å². The Bertz CT molecular complexity index is 1130. The SMILES string of the molecule is CCN(c1ccc(NC(=O)CCn2cnc3sc4c(c3c2=O)CCCC4)cc1)C(C)C. The van der Waals surface area contributed by atoms with Gasteiger partial charge in [-0.05, 0) is 76.3 Å². The molecule has 0 aliphatic heterocycles. The fourth-order valence-electron chi connectivity index (χ4n) is 4.37. The smallest absolute Gasteiger partial charge is 0.262 e. The molecule has 0 radical (unpaired) electrons. The molecule has 0 unspecified atom stereocenters. The molecule has 2 heterocycles. The van der Waals surface area contributed by atoms with Crippen LogP contribution in [-0.2, 0) is 24.2 Å². The van der Waals surface area contributed by atoms with E-state index in [1.807, 2.05) is 24.3 Å². The molecular formula is C24H30N4O2S. The van der Waals surface area contributed by atoms with Crippen LogP contribution in [0.5, 0.6) is 0 Å². The third kappa shape index (κ3) is 4.51. The molecule has 3 aromatic rings. The number of amides is 1. The summed E-state index contributed by atoms with van der Waals surface area (Å²) in [6, 6.07) is 8.33. The Hall–Kier alpha value is -2.67. The topological polar surface area (TPSA) is 67.2 Å². The maximum atomic E-state index is 13.0. The van der Waals surface area contributed by atoms with Gasteiger partial charge < -0.3 is 10.2 Å². The second-order valence-electron chi connectivity index (χ2n) is 8.36. The minimum Gasteiger partial charge on any atom is -0.369 e. The lowest BCUT2D eigenvalue weighted by atomic mass is 9.97. The highest BCUT2D eigenvalue weighted by molar-refractivity contribution is 7.18. The number of nitrogens with zero attached hydrogens (tertiary/aromatic N) is 3. The predicted molar refractivity (Wildman–Crippen MR) is 128 cm³/mol. The van der Waals surface area contributed by atoms with E-state index in [1.165, 1.54) is 16.9 Å². The number of aromatic nitrogens is 2. The van der Waals surface area contributed by atoms with E-state index >= 15 is 0 Å². The molecule has 6 nitrogen and oxygen atoms in total. The Balaban J connectivity index is 1.41. The quantitative estimate of drug-likeness (QED) is 0.585. The number of fused-ring (bicyclic) bond motifs is 3. The van der Waals surface area contributed by atoms with Crippen LogP contribution in [0.25, 0.3) is 10.2 Å². The van der Waals surface area contributed by atoms with E-state index in [1.54, 1.807) is 22.2 Å². The van der Waals surface area contributed by atoms with Crippen LogP contribution in [0.15, 0.2) is 35.4 Å². The largest absolute Gasteiger partial charge is 0.369 e. The zero-order valence-electron chi connectivity index (χ0n) is 18.5. The van der Waals surface area contributed by atoms with Crippen molar-refractivity contribution >= 4 is 38.8 Å². The third-order valence-corrected chi connectivity index (χ3v) is 7.17. The molecule has 1 aliphatic carbocycles. The molecule has 0 fully saturated rings. The van der Waals surface area contributed by atoms with Gasteiger partial charge >= 0.3 is 0 Å². The van der Waals surface area contributed by atoms with Crippen LogP contribution in [-0.4, -0.2) is 28.0 Å². The Labute approximate surface area is 186 Å². The van der Waals surface area contributed by atoms with Gasteiger partial charge in [-0.15, -0.1) is 11.3 Å². The van der Waals surface area contributed by atoms with E-state index in [2.05, 4.69) is 36.0 Å². The lowest BCUT2D eigenvalue weighted by Crippen LogP contribution is -2.30. The van der Waals surface area contributed by atoms with Crippen LogP contribution < -0.4 is 15.8 Å². The fourth-order valence-corrected chi connectivity index (χ4v) is 5.59. The second-order valence-corrected chi connectivity index (χ2v) is 9.44. The number of thiophene rings is 1. The highest BCUT2D eigenvalue weighted by Gasteiger charge is 2.20. The van der Waals surface area contributed by atoms with Crippen molar-refractivity contribution in [2.45, 2.75) is 65.5 Å². The number of rotatable bonds is 7. The summed E-state index contributed by atoms with van der Waals surface area (Å²) in [6.07, 6.45) is 6.13. The van der Waals surface area contributed by atoms with Gasteiger partial charge in [0.2, 0.25) is 5.91 Å². The van der Waals surface area contributed by atoms with Gasteiger partial charge in [0, 0.05) is 41.8 Å². The number of carbonyl (C=O) groups is 1. The number of anilines is 2. The van der Waals surface area contributed by atoms with Crippen LogP contribution in [0.2, 0.25) is 0 Å². The molecule has 0 spiro atoms. The minimum atomic E-state index is -0.108. The lowest BCUT2D eigenvalue weighted by molar-refractivity contribution is -0.116. The molecule has 0 saturated heterocycles. The molecule has 0 bridgehead atoms. The highest BCUT2D eigenvalue weighted by Crippen LogP contribution is 2.33. The zero-order valence-corrected chi connectivity index (χ0v) is 19.3. The van der Waals surface area contributed by atoms with Gasteiger partial charge in [-0.25, -0.2) is 4.98 Å². The molecule has 0 atom stereocenters. The van der Waals surface area contributed by atoms with Crippen LogP contribution >= 0.6 is 11.3 Å². The lowest BCUT2D eigenvalue weighted by Gasteiger charge is -2.27. The average Bonchev–Trinajstić information content (AvgIpc) is 3.14. The summed E-state index contributed by atoms with van der Waals surface area (Å²) in [5.74, 6) is -0.108. The summed E-state index contributed by atoms with van der Waals surface area (Å²) in [7, 11) is 0. The Morgan fingerprint density at radius 2 is 1.97 bits per heavy atom. The molecule has 4 rings (SSSR count). The molecule has 1 amide bonds. The van der Waals surface area contributed by atoms with E-state index in [4.69, 9.17) is 0 Å². The van der Waals surface area contributed by atoms with Crippen molar-refractivity contribution in [2.24, 2.45) is 0 Å². The molecule has 7 heteroatoms. The average molecular weight is 439 g/mol. The van der Waals surface area contributed by atoms with Crippen LogP contribution in [0, 0.1) is 0 Å². The standard InChI is InChI=1S/C24H30N4O2S/c1-4-28(16(2)3)18-11-9-17(10-12-18)26-21(29)13-14-27-15-25-23-22(24(27)30)19-7-5-6-8-20(19)31-23/h9-12,15-16H,4-8,13-14H2,1-3H3,(H,26,29). The van der Waals surface area contributed by atoms with Crippen LogP contribution in [0.3, 0.4) is 0 Å². The van der Waals surface area contributed by atoms with Crippen molar-refractivity contribution in [3.05, 3.63) is 51.4 Å². The van der Waals surface area contributed by atoms with Gasteiger partial charge in [0.15, 0.2) is 0 Å². The maximum Gasteiger partial charge on any atom is 0.262 e. The molecule has 1 aromatic carbocycles. The summed E-state index contributed by atoms with van der Waals surface area (Å²) in [4.78, 5) is 34.4. The summed E-state index contributed by atoms with van der Waals surface area (Å²) in [6.45, 7) is 7.73. The first-order valence-electron chi connectivity index (χ1n) is 11.1. The Morgan fingerprint density at radius 1 is 1.23 bits per heavy atom. The van der Waals surface area contributed by atoms with Gasteiger partial charge in [0.05, 0.1) is 11.7 Å². The molecule has 0 saturated carbocycles. The molecule has 164 valence electrons. The van der Waals surface area contributed by atoms with E-state index in [-0.39, 0.29) is 17.9 Å². The summed E-state index contributed by atoms with van der Waals surface area (Å²) in [5, 5.41) is 3.70. The number of hydrogen-bond acceptors (Lipinski definition) is 5. The van der Waals surface area contributed by atoms with E-state index in [0.717, 1.165) is 47.4 Å². The highest BCUT2D eigenvalue weighted by atomic mass is 32.1. The zero-order chi connectivity index (χ0) is 22.0. The fraction of sp³-hybridized carbons (Fsp3) is 0.458. The number of carbonyl (C=O) groups excluding carboxylic acids is 1. The van der Waals surface area contributed by atoms with Gasteiger partial charge in [0.25, 0.3) is 5.56 Å². The van der Waals surface area contributed by atoms with Crippen molar-refractivity contribution in [3.63, 3.8) is 0 Å². The Morgan fingerprint density at radius 3 is 2.68 bits per heavy atom. The predicted octanol–water partition coefficient (Wildman–Crippen LogP) is 4.60. The minimum absolute atomic E-state index is 0.0186. The van der Waals surface area contributed by atoms with Crippen molar-refractivity contribution in [1.29, 1.82) is 0 Å². The van der Waals surface area contributed by atoms with Gasteiger partial charge in [-0.1, -0.05) is 0 Å². The van der Waals surface area contributed by atoms with E-state index in [9.17, 15) is 9.59 Å². The van der Waals surface area contributed by atoms with Crippen molar-refractivity contribution in [1.82, 2.24) is 9.55 Å². The van der Waals surface area contributed by atoms with Gasteiger partial charge in [-0.2, -0.15) is 0 Å². The van der Waals surface area contributed by atoms with E-state index < -0.39 is 0 Å². The summed E-state index contributed by atoms with van der Waals surface area (Å²) < 4.78 is 1.58. The summed E-state index contributed by atoms with van der Waals surface area (Å²) >= 11 is 1.65. The molecular weight excluding hydrogens is 408 g/mol. The normalized spacial score (nSPS) is 13.4. The Kier molecular flexibility index (Phi) is 6.41. The van der Waals surface area contributed by atoms with Crippen molar-refractivity contribution in [2.75, 3.05) is 16.8 Å². The number of hydrogen-bond donors (Lipinski definition) is 1. The monoisotopic (exact) mass is 438 g/mol. The first kappa shape index (κ1) is 21.6. The second kappa shape index (κ2) is 9.22. The van der Waals surface area contributed by atoms with Gasteiger partial charge in [0.1, 0.15) is 4.83 Å². The number of benzene rings is 1. The number of aryl methyl sites for hydroxylation is 3. The molecule has 2 aromatic heterocycles. The molecule has 1 aliphatic rings. The number of nitrogens with one attached hydrogen (secondary N) is 1. The van der Waals surface area contributed by atoms with Crippen molar-refractivity contribution < 1.29 is 4.79 Å². The molecule has 1 N–H and O–H groups in total.